The molecule has 14 heavy (non-hydrogen) atoms. The van der Waals surface area contributed by atoms with Crippen LogP contribution < -0.4 is 0 Å². The summed E-state index contributed by atoms with van der Waals surface area (Å²) in [7, 11) is 0. The van der Waals surface area contributed by atoms with E-state index in [1.807, 2.05) is 0 Å². The van der Waals surface area contributed by atoms with E-state index in [-0.39, 0.29) is 0 Å². The summed E-state index contributed by atoms with van der Waals surface area (Å²) in [6, 6.07) is 0. The van der Waals surface area contributed by atoms with Crippen molar-refractivity contribution in [3.05, 3.63) is 0 Å². The molecule has 1 fully saturated rings. The van der Waals surface area contributed by atoms with E-state index >= 15 is 0 Å². The number of esters is 1. The standard InChI is InChI=1S/C7H12O7/c1-2(8)13-7-5(11)3(9)4(10)6(12)14-7/h3-7,9-12H,1H3. The number of carbonyl (C=O) groups is 1. The van der Waals surface area contributed by atoms with Crippen molar-refractivity contribution in [2.75, 3.05) is 0 Å². The van der Waals surface area contributed by atoms with Gasteiger partial charge in [0, 0.05) is 6.92 Å². The fourth-order valence-electron chi connectivity index (χ4n) is 1.09. The van der Waals surface area contributed by atoms with Gasteiger partial charge in [0.2, 0.25) is 6.29 Å². The monoisotopic (exact) mass is 208 g/mol. The van der Waals surface area contributed by atoms with E-state index in [0.717, 1.165) is 6.92 Å². The van der Waals surface area contributed by atoms with Gasteiger partial charge in [0.1, 0.15) is 18.3 Å². The average Bonchev–Trinajstić information content (AvgIpc) is 2.10. The smallest absolute Gasteiger partial charge is 0.305 e. The maximum atomic E-state index is 10.5. The normalized spacial score (nSPS) is 43.4. The minimum absolute atomic E-state index is 0.732. The molecule has 1 heterocycles. The van der Waals surface area contributed by atoms with Crippen LogP contribution in [-0.2, 0) is 14.3 Å². The highest BCUT2D eigenvalue weighted by atomic mass is 16.8. The lowest BCUT2D eigenvalue weighted by molar-refractivity contribution is -0.331. The predicted molar refractivity (Wildman–Crippen MR) is 40.7 cm³/mol. The molecule has 0 radical (unpaired) electrons. The molecule has 0 aromatic rings. The molecule has 0 aromatic carbocycles. The average molecular weight is 208 g/mol. The van der Waals surface area contributed by atoms with Gasteiger partial charge in [0.15, 0.2) is 6.29 Å². The molecule has 0 spiro atoms. The lowest BCUT2D eigenvalue weighted by Gasteiger charge is -2.37. The molecule has 1 rings (SSSR count). The highest BCUT2D eigenvalue weighted by Gasteiger charge is 2.44. The first-order valence-electron chi connectivity index (χ1n) is 3.98. The first-order valence-corrected chi connectivity index (χ1v) is 3.98. The Balaban J connectivity index is 2.65. The second kappa shape index (κ2) is 4.20. The second-order valence-electron chi connectivity index (χ2n) is 2.98. The number of aliphatic hydroxyl groups is 4. The van der Waals surface area contributed by atoms with Crippen LogP contribution in [0.25, 0.3) is 0 Å². The van der Waals surface area contributed by atoms with Crippen molar-refractivity contribution in [1.82, 2.24) is 0 Å². The molecule has 1 aliphatic heterocycles. The van der Waals surface area contributed by atoms with Gasteiger partial charge >= 0.3 is 5.97 Å². The van der Waals surface area contributed by atoms with Crippen molar-refractivity contribution in [3.8, 4) is 0 Å². The molecule has 5 unspecified atom stereocenters. The van der Waals surface area contributed by atoms with Gasteiger partial charge in [-0.3, -0.25) is 4.79 Å². The number of hydrogen-bond acceptors (Lipinski definition) is 7. The summed E-state index contributed by atoms with van der Waals surface area (Å²) in [5.74, 6) is -0.732. The van der Waals surface area contributed by atoms with E-state index in [1.165, 1.54) is 0 Å². The topological polar surface area (TPSA) is 116 Å². The number of ether oxygens (including phenoxy) is 2. The fourth-order valence-corrected chi connectivity index (χ4v) is 1.09. The second-order valence-corrected chi connectivity index (χ2v) is 2.98. The van der Waals surface area contributed by atoms with Crippen LogP contribution in [0.5, 0.6) is 0 Å². The van der Waals surface area contributed by atoms with Crippen LogP contribution in [0.1, 0.15) is 6.92 Å². The number of hydrogen-bond donors (Lipinski definition) is 4. The molecule has 5 atom stereocenters. The van der Waals surface area contributed by atoms with Crippen molar-refractivity contribution in [2.24, 2.45) is 0 Å². The molecule has 0 aliphatic carbocycles. The molecular weight excluding hydrogens is 196 g/mol. The maximum Gasteiger partial charge on any atom is 0.305 e. The van der Waals surface area contributed by atoms with E-state index in [1.54, 1.807) is 0 Å². The molecule has 0 saturated carbocycles. The molecule has 1 aliphatic rings. The van der Waals surface area contributed by atoms with Crippen LogP contribution in [-0.4, -0.2) is 57.3 Å². The lowest BCUT2D eigenvalue weighted by atomic mass is 10.0. The summed E-state index contributed by atoms with van der Waals surface area (Å²) in [4.78, 5) is 10.5. The number of aliphatic hydroxyl groups excluding tert-OH is 4. The van der Waals surface area contributed by atoms with Gasteiger partial charge in [-0.1, -0.05) is 0 Å². The molecule has 0 amide bonds. The van der Waals surface area contributed by atoms with E-state index in [9.17, 15) is 9.90 Å². The molecule has 1 saturated heterocycles. The van der Waals surface area contributed by atoms with Crippen molar-refractivity contribution in [3.63, 3.8) is 0 Å². The summed E-state index contributed by atoms with van der Waals surface area (Å²) in [6.45, 7) is 1.08. The van der Waals surface area contributed by atoms with Crippen molar-refractivity contribution < 1.29 is 34.7 Å². The van der Waals surface area contributed by atoms with Gasteiger partial charge in [-0.2, -0.15) is 0 Å². The third kappa shape index (κ3) is 2.20. The molecule has 0 aromatic heterocycles. The van der Waals surface area contributed by atoms with E-state index in [2.05, 4.69) is 9.47 Å². The molecule has 82 valence electrons. The Bertz CT molecular complexity index is 218. The Morgan fingerprint density at radius 2 is 1.71 bits per heavy atom. The first kappa shape index (κ1) is 11.3. The first-order chi connectivity index (χ1) is 6.43. The molecular formula is C7H12O7. The number of carbonyl (C=O) groups excluding carboxylic acids is 1. The molecule has 4 N–H and O–H groups in total. The summed E-state index contributed by atoms with van der Waals surface area (Å²) >= 11 is 0. The minimum Gasteiger partial charge on any atom is -0.433 e. The lowest BCUT2D eigenvalue weighted by Crippen LogP contribution is -2.58. The van der Waals surface area contributed by atoms with E-state index in [4.69, 9.17) is 15.3 Å². The van der Waals surface area contributed by atoms with Crippen LogP contribution in [0.2, 0.25) is 0 Å². The Kier molecular flexibility index (Phi) is 3.40. The molecule has 7 heteroatoms. The Morgan fingerprint density at radius 3 is 2.21 bits per heavy atom. The highest BCUT2D eigenvalue weighted by Crippen LogP contribution is 2.20. The van der Waals surface area contributed by atoms with E-state index < -0.39 is 36.9 Å². The zero-order chi connectivity index (χ0) is 10.9. The van der Waals surface area contributed by atoms with E-state index in [0.29, 0.717) is 0 Å². The van der Waals surface area contributed by atoms with Crippen LogP contribution in [0.3, 0.4) is 0 Å². The van der Waals surface area contributed by atoms with Gasteiger partial charge in [0.25, 0.3) is 0 Å². The van der Waals surface area contributed by atoms with Crippen LogP contribution in [0, 0.1) is 0 Å². The minimum atomic E-state index is -1.70. The SMILES string of the molecule is CC(=O)OC1OC(O)C(O)C(O)C1O. The summed E-state index contributed by atoms with van der Waals surface area (Å²) in [5, 5.41) is 36.5. The van der Waals surface area contributed by atoms with Crippen molar-refractivity contribution in [2.45, 2.75) is 37.8 Å². The summed E-state index contributed by atoms with van der Waals surface area (Å²) < 4.78 is 8.99. The van der Waals surface area contributed by atoms with Gasteiger partial charge < -0.3 is 29.9 Å². The maximum absolute atomic E-state index is 10.5. The largest absolute Gasteiger partial charge is 0.433 e. The Hall–Kier alpha value is -0.730. The quantitative estimate of drug-likeness (QED) is 0.346. The summed E-state index contributed by atoms with van der Waals surface area (Å²) in [5.41, 5.74) is 0. The predicted octanol–water partition coefficient (Wildman–Crippen LogP) is -2.69. The fraction of sp³-hybridized carbons (Fsp3) is 0.857. The van der Waals surface area contributed by atoms with Gasteiger partial charge in [0.05, 0.1) is 0 Å². The molecule has 7 nitrogen and oxygen atoms in total. The zero-order valence-corrected chi connectivity index (χ0v) is 7.40. The third-order valence-corrected chi connectivity index (χ3v) is 1.83. The van der Waals surface area contributed by atoms with Crippen LogP contribution >= 0.6 is 0 Å². The van der Waals surface area contributed by atoms with Crippen molar-refractivity contribution >= 4 is 5.97 Å². The number of rotatable bonds is 1. The highest BCUT2D eigenvalue weighted by molar-refractivity contribution is 5.66. The zero-order valence-electron chi connectivity index (χ0n) is 7.40. The summed E-state index contributed by atoms with van der Waals surface area (Å²) in [6.07, 6.45) is -8.00. The van der Waals surface area contributed by atoms with Crippen LogP contribution in [0.4, 0.5) is 0 Å². The third-order valence-electron chi connectivity index (χ3n) is 1.83. The van der Waals surface area contributed by atoms with Gasteiger partial charge in [-0.15, -0.1) is 0 Å². The Morgan fingerprint density at radius 1 is 1.14 bits per heavy atom. The van der Waals surface area contributed by atoms with Gasteiger partial charge in [-0.25, -0.2) is 0 Å². The van der Waals surface area contributed by atoms with Crippen molar-refractivity contribution in [1.29, 1.82) is 0 Å². The Labute approximate surface area is 79.5 Å². The van der Waals surface area contributed by atoms with Gasteiger partial charge in [-0.05, 0) is 0 Å². The van der Waals surface area contributed by atoms with Crippen LogP contribution in [0.15, 0.2) is 0 Å². The molecule has 0 bridgehead atoms.